The van der Waals surface area contributed by atoms with Crippen LogP contribution < -0.4 is 19.5 Å². The third-order valence-corrected chi connectivity index (χ3v) is 5.60. The second-order valence-electron chi connectivity index (χ2n) is 8.66. The van der Waals surface area contributed by atoms with Gasteiger partial charge < -0.3 is 24.4 Å². The van der Waals surface area contributed by atoms with Gasteiger partial charge in [0, 0.05) is 19.5 Å². The summed E-state index contributed by atoms with van der Waals surface area (Å²) in [5.74, 6) is 2.30. The molecule has 0 radical (unpaired) electrons. The van der Waals surface area contributed by atoms with Crippen LogP contribution in [0.2, 0.25) is 0 Å². The Balaban J connectivity index is 1.70. The summed E-state index contributed by atoms with van der Waals surface area (Å²) < 4.78 is 16.4. The van der Waals surface area contributed by atoms with Crippen LogP contribution >= 0.6 is 0 Å². The minimum absolute atomic E-state index is 0.0760. The molecule has 1 aliphatic rings. The van der Waals surface area contributed by atoms with Crippen molar-refractivity contribution in [3.05, 3.63) is 53.6 Å². The van der Waals surface area contributed by atoms with Gasteiger partial charge in [-0.3, -0.25) is 9.59 Å². The third kappa shape index (κ3) is 6.88. The fourth-order valence-corrected chi connectivity index (χ4v) is 3.60. The van der Waals surface area contributed by atoms with Crippen LogP contribution in [0.1, 0.15) is 38.3 Å². The van der Waals surface area contributed by atoms with Crippen molar-refractivity contribution in [2.24, 2.45) is 5.92 Å². The third-order valence-electron chi connectivity index (χ3n) is 5.60. The Labute approximate surface area is 196 Å². The van der Waals surface area contributed by atoms with Gasteiger partial charge in [-0.25, -0.2) is 0 Å². The van der Waals surface area contributed by atoms with Crippen molar-refractivity contribution in [1.29, 1.82) is 0 Å². The molecule has 2 amide bonds. The molecule has 7 nitrogen and oxygen atoms in total. The molecular formula is C26H34N2O5. The summed E-state index contributed by atoms with van der Waals surface area (Å²) in [6.07, 6.45) is 0.840. The molecule has 0 unspecified atom stereocenters. The number of hydrogen-bond acceptors (Lipinski definition) is 5. The van der Waals surface area contributed by atoms with Crippen molar-refractivity contribution < 1.29 is 23.8 Å². The van der Waals surface area contributed by atoms with Gasteiger partial charge in [-0.15, -0.1) is 0 Å². The summed E-state index contributed by atoms with van der Waals surface area (Å²) in [4.78, 5) is 27.7. The fraction of sp³-hybridized carbons (Fsp3) is 0.462. The molecule has 0 fully saturated rings. The van der Waals surface area contributed by atoms with Crippen LogP contribution in [0.15, 0.2) is 42.5 Å². The highest BCUT2D eigenvalue weighted by Crippen LogP contribution is 2.31. The lowest BCUT2D eigenvalue weighted by molar-refractivity contribution is -0.140. The zero-order chi connectivity index (χ0) is 23.8. The van der Waals surface area contributed by atoms with Crippen molar-refractivity contribution in [1.82, 2.24) is 10.2 Å². The quantitative estimate of drug-likeness (QED) is 0.594. The molecule has 2 aromatic rings. The lowest BCUT2D eigenvalue weighted by Crippen LogP contribution is -2.48. The lowest BCUT2D eigenvalue weighted by Gasteiger charge is -2.29. The number of ether oxygens (including phenoxy) is 3. The molecule has 178 valence electrons. The number of aryl methyl sites for hydroxylation is 1. The standard InChI is InChI=1S/C26H34N2O5/c1-18(2)16-27-26(30)19(3)28(17-21-5-9-22(31-4)10-6-21)25(29)12-8-20-7-11-23-24(15-20)33-14-13-32-23/h5-7,9-11,15,18-19H,8,12-14,16-17H2,1-4H3,(H,27,30)/t19-/m0/s1. The van der Waals surface area contributed by atoms with E-state index in [0.29, 0.717) is 44.4 Å². The zero-order valence-electron chi connectivity index (χ0n) is 19.9. The van der Waals surface area contributed by atoms with E-state index in [4.69, 9.17) is 14.2 Å². The number of carbonyl (C=O) groups excluding carboxylic acids is 2. The van der Waals surface area contributed by atoms with Gasteiger partial charge in [0.05, 0.1) is 7.11 Å². The Kier molecular flexibility index (Phi) is 8.58. The van der Waals surface area contributed by atoms with Crippen molar-refractivity contribution in [2.75, 3.05) is 26.9 Å². The minimum Gasteiger partial charge on any atom is -0.497 e. The van der Waals surface area contributed by atoms with Crippen LogP contribution in [0.4, 0.5) is 0 Å². The maximum atomic E-state index is 13.3. The maximum Gasteiger partial charge on any atom is 0.242 e. The average Bonchev–Trinajstić information content (AvgIpc) is 2.84. The molecule has 1 heterocycles. The van der Waals surface area contributed by atoms with Crippen molar-refractivity contribution in [3.63, 3.8) is 0 Å². The zero-order valence-corrected chi connectivity index (χ0v) is 19.9. The molecule has 0 aliphatic carbocycles. The number of carbonyl (C=O) groups is 2. The predicted octanol–water partition coefficient (Wildman–Crippen LogP) is 3.59. The van der Waals surface area contributed by atoms with E-state index < -0.39 is 6.04 Å². The van der Waals surface area contributed by atoms with E-state index in [1.807, 2.05) is 56.3 Å². The van der Waals surface area contributed by atoms with Crippen molar-refractivity contribution in [3.8, 4) is 17.2 Å². The van der Waals surface area contributed by atoms with Gasteiger partial charge in [-0.2, -0.15) is 0 Å². The molecule has 33 heavy (non-hydrogen) atoms. The average molecular weight is 455 g/mol. The van der Waals surface area contributed by atoms with Crippen LogP contribution in [-0.2, 0) is 22.6 Å². The molecule has 1 atom stereocenters. The number of benzene rings is 2. The van der Waals surface area contributed by atoms with Crippen molar-refractivity contribution >= 4 is 11.8 Å². The van der Waals surface area contributed by atoms with Crippen LogP contribution in [0, 0.1) is 5.92 Å². The lowest BCUT2D eigenvalue weighted by atomic mass is 10.1. The summed E-state index contributed by atoms with van der Waals surface area (Å²) in [5.41, 5.74) is 1.93. The second-order valence-corrected chi connectivity index (χ2v) is 8.66. The minimum atomic E-state index is -0.585. The molecule has 0 aromatic heterocycles. The first-order valence-corrected chi connectivity index (χ1v) is 11.5. The van der Waals surface area contributed by atoms with E-state index in [1.54, 1.807) is 18.9 Å². The molecule has 2 aromatic carbocycles. The van der Waals surface area contributed by atoms with Gasteiger partial charge in [0.2, 0.25) is 11.8 Å². The number of amides is 2. The Hall–Kier alpha value is -3.22. The molecule has 3 rings (SSSR count). The SMILES string of the molecule is COc1ccc(CN(C(=O)CCc2ccc3c(c2)OCCO3)[C@@H](C)C(=O)NCC(C)C)cc1. The Morgan fingerprint density at radius 1 is 1.00 bits per heavy atom. The molecule has 1 N–H and O–H groups in total. The van der Waals surface area contributed by atoms with E-state index in [9.17, 15) is 9.59 Å². The molecular weight excluding hydrogens is 420 g/mol. The van der Waals surface area contributed by atoms with Gasteiger partial charge in [0.15, 0.2) is 11.5 Å². The van der Waals surface area contributed by atoms with Crippen molar-refractivity contribution in [2.45, 2.75) is 46.2 Å². The number of rotatable bonds is 10. The summed E-state index contributed by atoms with van der Waals surface area (Å²) in [5, 5.41) is 2.95. The highest BCUT2D eigenvalue weighted by Gasteiger charge is 2.26. The van der Waals surface area contributed by atoms with Crippen LogP contribution in [0.25, 0.3) is 0 Å². The van der Waals surface area contributed by atoms with E-state index in [-0.39, 0.29) is 18.2 Å². The van der Waals surface area contributed by atoms with Gasteiger partial charge in [0.1, 0.15) is 25.0 Å². The summed E-state index contributed by atoms with van der Waals surface area (Å²) in [6.45, 7) is 7.85. The van der Waals surface area contributed by atoms with E-state index in [0.717, 1.165) is 22.6 Å². The van der Waals surface area contributed by atoms with Gasteiger partial charge >= 0.3 is 0 Å². The van der Waals surface area contributed by atoms with E-state index in [1.165, 1.54) is 0 Å². The normalized spacial score (nSPS) is 13.4. The largest absolute Gasteiger partial charge is 0.497 e. The van der Waals surface area contributed by atoms with E-state index >= 15 is 0 Å². The number of methoxy groups -OCH3 is 1. The number of hydrogen-bond donors (Lipinski definition) is 1. The fourth-order valence-electron chi connectivity index (χ4n) is 3.60. The molecule has 1 aliphatic heterocycles. The second kappa shape index (κ2) is 11.6. The maximum absolute atomic E-state index is 13.3. The smallest absolute Gasteiger partial charge is 0.242 e. The summed E-state index contributed by atoms with van der Waals surface area (Å²) in [6, 6.07) is 12.7. The van der Waals surface area contributed by atoms with Crippen LogP contribution in [-0.4, -0.2) is 49.6 Å². The molecule has 0 bridgehead atoms. The molecule has 0 spiro atoms. The van der Waals surface area contributed by atoms with Crippen LogP contribution in [0.3, 0.4) is 0 Å². The predicted molar refractivity (Wildman–Crippen MR) is 127 cm³/mol. The van der Waals surface area contributed by atoms with Gasteiger partial charge in [-0.05, 0) is 54.7 Å². The summed E-state index contributed by atoms with van der Waals surface area (Å²) >= 11 is 0. The Morgan fingerprint density at radius 3 is 2.33 bits per heavy atom. The monoisotopic (exact) mass is 454 g/mol. The molecule has 0 saturated carbocycles. The number of fused-ring (bicyclic) bond motifs is 1. The van der Waals surface area contributed by atoms with Crippen LogP contribution in [0.5, 0.6) is 17.2 Å². The topological polar surface area (TPSA) is 77.1 Å². The summed E-state index contributed by atoms with van der Waals surface area (Å²) in [7, 11) is 1.61. The molecule has 0 saturated heterocycles. The first-order chi connectivity index (χ1) is 15.9. The first-order valence-electron chi connectivity index (χ1n) is 11.5. The number of nitrogens with zero attached hydrogens (tertiary/aromatic N) is 1. The van der Waals surface area contributed by atoms with Gasteiger partial charge in [0.25, 0.3) is 0 Å². The van der Waals surface area contributed by atoms with Gasteiger partial charge in [-0.1, -0.05) is 32.0 Å². The highest BCUT2D eigenvalue weighted by molar-refractivity contribution is 5.87. The Morgan fingerprint density at radius 2 is 1.67 bits per heavy atom. The van der Waals surface area contributed by atoms with E-state index in [2.05, 4.69) is 5.32 Å². The molecule has 7 heteroatoms. The number of nitrogens with one attached hydrogen (secondary N) is 1. The highest BCUT2D eigenvalue weighted by atomic mass is 16.6. The Bertz CT molecular complexity index is 942. The first kappa shape index (κ1) is 24.4.